The lowest BCUT2D eigenvalue weighted by atomic mass is 9.65. The van der Waals surface area contributed by atoms with Gasteiger partial charge in [-0.1, -0.05) is 249 Å². The van der Waals surface area contributed by atoms with Crippen molar-refractivity contribution in [1.29, 1.82) is 0 Å². The van der Waals surface area contributed by atoms with Crippen molar-refractivity contribution >= 4 is 133 Å². The van der Waals surface area contributed by atoms with E-state index in [0.29, 0.717) is 0 Å². The topological polar surface area (TPSA) is 17.9 Å². The molecule has 0 bridgehead atoms. The molecule has 0 fully saturated rings. The normalized spacial score (nSPS) is 12.5. The molecule has 17 aromatic carbocycles. The summed E-state index contributed by atoms with van der Waals surface area (Å²) >= 11 is 0. The van der Waals surface area contributed by atoms with Gasteiger partial charge >= 0.3 is 0 Å². The molecule has 0 N–H and O–H groups in total. The predicted octanol–water partition coefficient (Wildman–Crippen LogP) is 26.0. The maximum absolute atomic E-state index is 2.55. The van der Waals surface area contributed by atoms with Gasteiger partial charge in [0.2, 0.25) is 0 Å². The number of rotatable bonds is 12. The van der Waals surface area contributed by atoms with Crippen molar-refractivity contribution in [3.05, 3.63) is 404 Å². The van der Waals surface area contributed by atoms with E-state index < -0.39 is 5.41 Å². The van der Waals surface area contributed by atoms with Gasteiger partial charge in [-0.05, 0) is 188 Å². The fourth-order valence-corrected chi connectivity index (χ4v) is 16.8. The summed E-state index contributed by atoms with van der Waals surface area (Å²) in [7, 11) is 0. The lowest BCUT2D eigenvalue weighted by molar-refractivity contribution is 0.748. The van der Waals surface area contributed by atoms with E-state index in [0.717, 1.165) is 68.2 Å². The molecular formula is C95H63N5. The van der Waals surface area contributed by atoms with Crippen LogP contribution in [0.4, 0.5) is 68.2 Å². The zero-order valence-corrected chi connectivity index (χ0v) is 54.6. The second kappa shape index (κ2) is 23.0. The van der Waals surface area contributed by atoms with Gasteiger partial charge in [-0.3, -0.25) is 0 Å². The molecule has 468 valence electrons. The molecule has 5 heteroatoms. The first kappa shape index (κ1) is 57.1. The summed E-state index contributed by atoms with van der Waals surface area (Å²) in [4.78, 5) is 9.78. The summed E-state index contributed by atoms with van der Waals surface area (Å²) in [5.74, 6) is 0. The minimum absolute atomic E-state index is 0.816. The highest BCUT2D eigenvalue weighted by Gasteiger charge is 2.51. The summed E-state index contributed by atoms with van der Waals surface area (Å²) in [5, 5.41) is 11.9. The van der Waals surface area contributed by atoms with E-state index in [2.05, 4.69) is 406 Å². The molecule has 1 aliphatic carbocycles. The Morgan fingerprint density at radius 1 is 0.200 bits per heavy atom. The van der Waals surface area contributed by atoms with Gasteiger partial charge in [0.1, 0.15) is 0 Å². The number of anilines is 12. The van der Waals surface area contributed by atoms with Crippen molar-refractivity contribution in [2.45, 2.75) is 5.41 Å². The van der Waals surface area contributed by atoms with Gasteiger partial charge in [0.15, 0.2) is 0 Å². The van der Waals surface area contributed by atoms with Gasteiger partial charge in [0.05, 0.1) is 44.9 Å². The van der Waals surface area contributed by atoms with Crippen LogP contribution in [0.2, 0.25) is 0 Å². The Hall–Kier alpha value is -13.2. The van der Waals surface area contributed by atoms with E-state index in [9.17, 15) is 0 Å². The number of aromatic nitrogens is 1. The van der Waals surface area contributed by atoms with Crippen molar-refractivity contribution in [3.8, 4) is 16.8 Å². The van der Waals surface area contributed by atoms with E-state index in [1.165, 1.54) is 104 Å². The molecule has 1 spiro atoms. The predicted molar refractivity (Wildman–Crippen MR) is 420 cm³/mol. The molecule has 0 saturated carbocycles. The molecular weight excluding hydrogens is 1210 g/mol. The first-order chi connectivity index (χ1) is 49.6. The fourth-order valence-electron chi connectivity index (χ4n) is 16.8. The van der Waals surface area contributed by atoms with Gasteiger partial charge in [-0.15, -0.1) is 0 Å². The van der Waals surface area contributed by atoms with E-state index in [-0.39, 0.29) is 0 Å². The molecule has 1 aromatic heterocycles. The largest absolute Gasteiger partial charge is 0.310 e. The third kappa shape index (κ3) is 8.75. The molecule has 0 saturated heterocycles. The summed E-state index contributed by atoms with van der Waals surface area (Å²) < 4.78 is 2.55. The van der Waals surface area contributed by atoms with Gasteiger partial charge in [-0.25, -0.2) is 0 Å². The second-order valence-electron chi connectivity index (χ2n) is 26.3. The Labute approximate surface area is 580 Å². The first-order valence-electron chi connectivity index (χ1n) is 34.5. The lowest BCUT2D eigenvalue weighted by Crippen LogP contribution is -2.33. The number of para-hydroxylation sites is 5. The second-order valence-corrected chi connectivity index (χ2v) is 26.3. The quantitative estimate of drug-likeness (QED) is 0.121. The summed E-state index contributed by atoms with van der Waals surface area (Å²) in [6, 6.07) is 142. The van der Waals surface area contributed by atoms with Crippen molar-refractivity contribution in [2.75, 3.05) is 19.6 Å². The van der Waals surface area contributed by atoms with Crippen LogP contribution in [0.15, 0.2) is 382 Å². The van der Waals surface area contributed by atoms with Crippen LogP contribution in [0.5, 0.6) is 0 Å². The van der Waals surface area contributed by atoms with Crippen LogP contribution in [-0.2, 0) is 5.41 Å². The summed E-state index contributed by atoms with van der Waals surface area (Å²) in [6.07, 6.45) is 0. The van der Waals surface area contributed by atoms with Crippen LogP contribution in [0.25, 0.3) is 81.7 Å². The van der Waals surface area contributed by atoms with Crippen molar-refractivity contribution in [3.63, 3.8) is 0 Å². The van der Waals surface area contributed by atoms with Crippen molar-refractivity contribution in [1.82, 2.24) is 4.57 Å². The molecule has 5 nitrogen and oxygen atoms in total. The molecule has 0 radical (unpaired) electrons. The Morgan fingerprint density at radius 3 is 0.930 bits per heavy atom. The zero-order chi connectivity index (χ0) is 65.8. The maximum atomic E-state index is 2.55. The number of hydrogen-bond acceptors (Lipinski definition) is 4. The van der Waals surface area contributed by atoms with Crippen molar-refractivity contribution < 1.29 is 0 Å². The van der Waals surface area contributed by atoms with Crippen LogP contribution >= 0.6 is 0 Å². The summed E-state index contributed by atoms with van der Waals surface area (Å²) in [6.45, 7) is 0. The minimum Gasteiger partial charge on any atom is -0.310 e. The Bertz CT molecular complexity index is 5930. The van der Waals surface area contributed by atoms with E-state index in [4.69, 9.17) is 0 Å². The minimum atomic E-state index is -0.816. The maximum Gasteiger partial charge on any atom is 0.0756 e. The van der Waals surface area contributed by atoms with Gasteiger partial charge in [0, 0.05) is 77.8 Å². The zero-order valence-electron chi connectivity index (χ0n) is 54.6. The fraction of sp³-hybridized carbons (Fsp3) is 0.0105. The van der Waals surface area contributed by atoms with E-state index in [1.807, 2.05) is 0 Å². The monoisotopic (exact) mass is 1270 g/mol. The number of benzene rings is 17. The lowest BCUT2D eigenvalue weighted by Gasteiger charge is -2.40. The highest BCUT2D eigenvalue weighted by molar-refractivity contribution is 6.14. The van der Waals surface area contributed by atoms with Crippen LogP contribution in [-0.4, -0.2) is 4.57 Å². The number of nitrogens with zero attached hydrogens (tertiary/aromatic N) is 5. The molecule has 100 heavy (non-hydrogen) atoms. The average molecular weight is 1270 g/mol. The molecule has 1 aliphatic heterocycles. The van der Waals surface area contributed by atoms with Crippen molar-refractivity contribution in [2.24, 2.45) is 0 Å². The smallest absolute Gasteiger partial charge is 0.0756 e. The molecule has 0 atom stereocenters. The first-order valence-corrected chi connectivity index (χ1v) is 34.5. The van der Waals surface area contributed by atoms with Crippen LogP contribution < -0.4 is 19.6 Å². The van der Waals surface area contributed by atoms with E-state index >= 15 is 0 Å². The third-order valence-corrected chi connectivity index (χ3v) is 21.1. The van der Waals surface area contributed by atoms with Crippen LogP contribution in [0.1, 0.15) is 22.3 Å². The highest BCUT2D eigenvalue weighted by Crippen LogP contribution is 2.63. The molecule has 0 unspecified atom stereocenters. The van der Waals surface area contributed by atoms with Gasteiger partial charge in [-0.2, -0.15) is 0 Å². The average Bonchev–Trinajstić information content (AvgIpc) is 1.49. The molecule has 20 rings (SSSR count). The Kier molecular flexibility index (Phi) is 13.1. The molecule has 2 aliphatic rings. The Balaban J connectivity index is 0.813. The summed E-state index contributed by atoms with van der Waals surface area (Å²) in [5.41, 5.74) is 23.1. The Morgan fingerprint density at radius 2 is 0.500 bits per heavy atom. The van der Waals surface area contributed by atoms with Gasteiger partial charge in [0.25, 0.3) is 0 Å². The number of hydrogen-bond donors (Lipinski definition) is 0. The third-order valence-electron chi connectivity index (χ3n) is 21.1. The van der Waals surface area contributed by atoms with Crippen LogP contribution in [0.3, 0.4) is 0 Å². The van der Waals surface area contributed by atoms with Crippen LogP contribution in [0, 0.1) is 0 Å². The van der Waals surface area contributed by atoms with Gasteiger partial charge < -0.3 is 24.2 Å². The molecule has 0 amide bonds. The standard InChI is InChI=1S/C95H63N5/c1-3-32-68(33-4-1)96(88-46-19-28-64-24-7-11-36-76(64)88)70-50-54-72(55-51-70)98(90-48-21-30-66-26-9-13-38-78(66)90)74-58-60-80-81-61-59-75(63-87(81)95(86(80)62-74)84-42-16-18-45-93(84)100-92-44-17-15-40-82(92)83-41-23-43-85(95)94(83)100)99(91-49-22-31-67-27-10-14-39-79(67)91)73-56-52-71(53-57-73)97(69-34-5-2-6-35-69)89-47-20-29-65-25-8-12-37-77(65)89/h1-63H. The molecule has 2 heterocycles. The molecule has 18 aromatic rings. The number of fused-ring (bicyclic) bond motifs is 16. The van der Waals surface area contributed by atoms with E-state index in [1.54, 1.807) is 0 Å². The SMILES string of the molecule is c1ccc(N(c2ccc(N(c3ccc4c(c3)C3(c5cc(N(c6ccc(N(c7ccccc7)c7cccc8ccccc78)cc6)c6cccc7ccccc67)ccc5-4)c4ccccc4-n4c5ccccc5c5cccc3c54)c3cccc4ccccc34)cc2)c2cccc3ccccc23)cc1. The highest BCUT2D eigenvalue weighted by atomic mass is 15.2.